The molecule has 1 aliphatic rings. The lowest BCUT2D eigenvalue weighted by molar-refractivity contribution is -0.138. The van der Waals surface area contributed by atoms with Gasteiger partial charge in [0.2, 0.25) is 5.91 Å². The van der Waals surface area contributed by atoms with Gasteiger partial charge in [0.25, 0.3) is 10.8 Å². The minimum absolute atomic E-state index is 0.00469. The number of likely N-dealkylation sites (tertiary alicyclic amines) is 1. The van der Waals surface area contributed by atoms with E-state index in [1.807, 2.05) is 0 Å². The summed E-state index contributed by atoms with van der Waals surface area (Å²) >= 11 is 0.386. The number of carbonyl (C=O) groups excluding carboxylic acids is 1. The van der Waals surface area contributed by atoms with Gasteiger partial charge in [0, 0.05) is 19.0 Å². The Morgan fingerprint density at radius 2 is 2.03 bits per heavy atom. The number of amides is 1. The number of nitrogens with one attached hydrogen (secondary N) is 2. The lowest BCUT2D eigenvalue weighted by atomic mass is 10.2. The number of halogens is 6. The fraction of sp³-hybridized carbons (Fsp3) is 0.579. The van der Waals surface area contributed by atoms with E-state index in [0.29, 0.717) is 30.5 Å². The van der Waals surface area contributed by atoms with E-state index in [-0.39, 0.29) is 37.3 Å². The molecule has 2 aromatic rings. The molecule has 0 aromatic carbocycles. The van der Waals surface area contributed by atoms with Crippen molar-refractivity contribution in [1.82, 2.24) is 20.1 Å². The molecule has 3 rings (SSSR count). The number of ether oxygens (including phenoxy) is 2. The molecule has 0 spiro atoms. The van der Waals surface area contributed by atoms with Gasteiger partial charge in [0.15, 0.2) is 0 Å². The summed E-state index contributed by atoms with van der Waals surface area (Å²) < 4.78 is 88.0. The third kappa shape index (κ3) is 7.30. The largest absolute Gasteiger partial charge is 0.465 e. The Labute approximate surface area is 198 Å². The maximum atomic E-state index is 13.1. The van der Waals surface area contributed by atoms with E-state index in [1.165, 1.54) is 11.8 Å². The predicted molar refractivity (Wildman–Crippen MR) is 111 cm³/mol. The van der Waals surface area contributed by atoms with Crippen LogP contribution in [0.4, 0.5) is 32.0 Å². The van der Waals surface area contributed by atoms with Gasteiger partial charge in [-0.1, -0.05) is 11.3 Å². The Balaban J connectivity index is 1.39. The van der Waals surface area contributed by atoms with Crippen molar-refractivity contribution in [3.05, 3.63) is 33.2 Å². The highest BCUT2D eigenvalue weighted by atomic mass is 32.1. The summed E-state index contributed by atoms with van der Waals surface area (Å²) in [4.78, 5) is 28.1. The molecule has 0 radical (unpaired) electrons. The molecule has 3 heterocycles. The SMILES string of the molecule is C[C@@H](COCCC(=O)N1CCC(Oc2ncc(C(F)(F)F)s2)C1)Nc1cn[nH]c(=O)c1C(F)(F)F. The average molecular weight is 529 g/mol. The fourth-order valence-corrected chi connectivity index (χ4v) is 4.01. The van der Waals surface area contributed by atoms with Gasteiger partial charge in [0.05, 0.1) is 44.3 Å². The molecule has 1 saturated heterocycles. The van der Waals surface area contributed by atoms with E-state index < -0.39 is 46.2 Å². The van der Waals surface area contributed by atoms with Crippen LogP contribution in [0.1, 0.15) is 30.2 Å². The second-order valence-corrected chi connectivity index (χ2v) is 8.71. The summed E-state index contributed by atoms with van der Waals surface area (Å²) in [5.41, 5.74) is -3.25. The predicted octanol–water partition coefficient (Wildman–Crippen LogP) is 3.15. The highest BCUT2D eigenvalue weighted by Gasteiger charge is 2.38. The second kappa shape index (κ2) is 10.8. The van der Waals surface area contributed by atoms with Crippen LogP contribution >= 0.6 is 11.3 Å². The quantitative estimate of drug-likeness (QED) is 0.380. The van der Waals surface area contributed by atoms with E-state index in [9.17, 15) is 35.9 Å². The lowest BCUT2D eigenvalue weighted by Crippen LogP contribution is -2.32. The van der Waals surface area contributed by atoms with Crippen molar-refractivity contribution in [2.24, 2.45) is 0 Å². The number of hydrogen-bond donors (Lipinski definition) is 2. The first-order valence-electron chi connectivity index (χ1n) is 10.3. The zero-order valence-electron chi connectivity index (χ0n) is 18.2. The van der Waals surface area contributed by atoms with Gasteiger partial charge in [-0.25, -0.2) is 10.1 Å². The van der Waals surface area contributed by atoms with Crippen LogP contribution in [0.2, 0.25) is 0 Å². The summed E-state index contributed by atoms with van der Waals surface area (Å²) in [7, 11) is 0. The molecule has 9 nitrogen and oxygen atoms in total. The zero-order valence-corrected chi connectivity index (χ0v) is 19.0. The highest BCUT2D eigenvalue weighted by Crippen LogP contribution is 2.36. The molecule has 2 aromatic heterocycles. The van der Waals surface area contributed by atoms with Gasteiger partial charge in [-0.05, 0) is 6.92 Å². The highest BCUT2D eigenvalue weighted by molar-refractivity contribution is 7.13. The average Bonchev–Trinajstić information content (AvgIpc) is 3.40. The van der Waals surface area contributed by atoms with Crippen molar-refractivity contribution >= 4 is 22.9 Å². The number of anilines is 1. The Morgan fingerprint density at radius 3 is 2.69 bits per heavy atom. The van der Waals surface area contributed by atoms with Gasteiger partial charge >= 0.3 is 12.4 Å². The number of thiazole rings is 1. The number of alkyl halides is 6. The van der Waals surface area contributed by atoms with E-state index in [0.717, 1.165) is 6.20 Å². The van der Waals surface area contributed by atoms with E-state index in [2.05, 4.69) is 15.4 Å². The first kappa shape index (κ1) is 26.7. The molecule has 16 heteroatoms. The summed E-state index contributed by atoms with van der Waals surface area (Å²) in [6.45, 7) is 2.03. The van der Waals surface area contributed by atoms with Gasteiger partial charge in [-0.3, -0.25) is 9.59 Å². The molecule has 2 N–H and O–H groups in total. The maximum Gasteiger partial charge on any atom is 0.427 e. The van der Waals surface area contributed by atoms with Crippen molar-refractivity contribution in [1.29, 1.82) is 0 Å². The van der Waals surface area contributed by atoms with Gasteiger partial charge in [0.1, 0.15) is 16.5 Å². The number of aromatic nitrogens is 3. The Kier molecular flexibility index (Phi) is 8.25. The Morgan fingerprint density at radius 1 is 1.29 bits per heavy atom. The summed E-state index contributed by atoms with van der Waals surface area (Å²) in [6, 6.07) is -0.626. The second-order valence-electron chi connectivity index (χ2n) is 7.71. The van der Waals surface area contributed by atoms with Gasteiger partial charge < -0.3 is 19.7 Å². The molecule has 0 aliphatic carbocycles. The molecular weight excluding hydrogens is 508 g/mol. The van der Waals surface area contributed by atoms with Crippen LogP contribution in [0.25, 0.3) is 0 Å². The molecule has 1 unspecified atom stereocenters. The van der Waals surface area contributed by atoms with Gasteiger partial charge in [-0.2, -0.15) is 31.4 Å². The van der Waals surface area contributed by atoms with Crippen LogP contribution in [-0.2, 0) is 21.9 Å². The molecule has 0 saturated carbocycles. The number of hydrogen-bond acceptors (Lipinski definition) is 8. The monoisotopic (exact) mass is 529 g/mol. The normalized spacial score (nSPS) is 17.5. The van der Waals surface area contributed by atoms with E-state index in [1.54, 1.807) is 5.10 Å². The molecular formula is C19H21F6N5O4S. The summed E-state index contributed by atoms with van der Waals surface area (Å²) in [6.07, 6.45) is -7.88. The first-order chi connectivity index (χ1) is 16.3. The third-order valence-electron chi connectivity index (χ3n) is 4.90. The van der Waals surface area contributed by atoms with Crippen molar-refractivity contribution < 1.29 is 40.6 Å². The number of H-pyrrole nitrogens is 1. The summed E-state index contributed by atoms with van der Waals surface area (Å²) in [5, 5.41) is 7.51. The van der Waals surface area contributed by atoms with Gasteiger partial charge in [-0.15, -0.1) is 0 Å². The lowest BCUT2D eigenvalue weighted by Gasteiger charge is -2.19. The fourth-order valence-electron chi connectivity index (χ4n) is 3.31. The molecule has 0 bridgehead atoms. The molecule has 35 heavy (non-hydrogen) atoms. The van der Waals surface area contributed by atoms with Crippen LogP contribution in [0.5, 0.6) is 5.19 Å². The van der Waals surface area contributed by atoms with Crippen LogP contribution in [0.15, 0.2) is 17.2 Å². The van der Waals surface area contributed by atoms with Crippen LogP contribution in [0.3, 0.4) is 0 Å². The minimum Gasteiger partial charge on any atom is -0.465 e. The van der Waals surface area contributed by atoms with Crippen LogP contribution < -0.4 is 15.6 Å². The Bertz CT molecular complexity index is 1070. The minimum atomic E-state index is -4.87. The molecule has 194 valence electrons. The van der Waals surface area contributed by atoms with Crippen molar-refractivity contribution in [2.45, 2.75) is 44.3 Å². The standard InChI is InChI=1S/C19H21F6N5O4S/c1-10(28-12-6-27-29-16(32)15(12)19(23,24)25)9-33-5-3-14(31)30-4-2-11(8-30)34-17-26-7-13(35-17)18(20,21)22/h6-7,10-11H,2-5,8-9H2,1H3,(H2,28,29,32)/t10-,11?/m0/s1. The number of aromatic amines is 1. The van der Waals surface area contributed by atoms with Crippen LogP contribution in [0, 0.1) is 0 Å². The smallest absolute Gasteiger partial charge is 0.427 e. The molecule has 1 amide bonds. The third-order valence-corrected chi connectivity index (χ3v) is 5.83. The number of nitrogens with zero attached hydrogens (tertiary/aromatic N) is 3. The Hall–Kier alpha value is -2.88. The first-order valence-corrected chi connectivity index (χ1v) is 11.1. The summed E-state index contributed by atoms with van der Waals surface area (Å²) in [5.74, 6) is -0.259. The number of carbonyl (C=O) groups is 1. The van der Waals surface area contributed by atoms with Crippen molar-refractivity contribution in [3.63, 3.8) is 0 Å². The molecule has 2 atom stereocenters. The van der Waals surface area contributed by atoms with Crippen molar-refractivity contribution in [2.75, 3.05) is 31.6 Å². The topological polar surface area (TPSA) is 109 Å². The molecule has 1 aliphatic heterocycles. The van der Waals surface area contributed by atoms with E-state index >= 15 is 0 Å². The maximum absolute atomic E-state index is 13.1. The van der Waals surface area contributed by atoms with Crippen molar-refractivity contribution in [3.8, 4) is 5.19 Å². The van der Waals surface area contributed by atoms with E-state index in [4.69, 9.17) is 9.47 Å². The van der Waals surface area contributed by atoms with Crippen LogP contribution in [-0.4, -0.2) is 64.4 Å². The molecule has 1 fully saturated rings. The zero-order chi connectivity index (χ0) is 25.8. The number of rotatable bonds is 9.